The third-order valence-electron chi connectivity index (χ3n) is 5.05. The molecule has 0 aliphatic heterocycles. The first-order valence-electron chi connectivity index (χ1n) is 9.06. The molecule has 28 heavy (non-hydrogen) atoms. The van der Waals surface area contributed by atoms with Crippen LogP contribution >= 0.6 is 0 Å². The Morgan fingerprint density at radius 1 is 0.679 bits per heavy atom. The van der Waals surface area contributed by atoms with E-state index >= 15 is 0 Å². The van der Waals surface area contributed by atoms with E-state index in [1.807, 2.05) is 84.9 Å². The summed E-state index contributed by atoms with van der Waals surface area (Å²) in [4.78, 5) is 12.0. The first-order valence-corrected chi connectivity index (χ1v) is 9.06. The number of para-hydroxylation sites is 2. The van der Waals surface area contributed by atoms with Gasteiger partial charge in [-0.15, -0.1) is 0 Å². The van der Waals surface area contributed by atoms with E-state index in [0.29, 0.717) is 5.56 Å². The Morgan fingerprint density at radius 2 is 1.43 bits per heavy atom. The van der Waals surface area contributed by atoms with Crippen LogP contribution < -0.4 is 0 Å². The molecule has 0 fully saturated rings. The summed E-state index contributed by atoms with van der Waals surface area (Å²) in [5.74, 6) is -0.947. The third kappa shape index (κ3) is 2.57. The van der Waals surface area contributed by atoms with Gasteiger partial charge in [-0.3, -0.25) is 0 Å². The van der Waals surface area contributed by atoms with Gasteiger partial charge in [0.1, 0.15) is 11.2 Å². The van der Waals surface area contributed by atoms with Crippen LogP contribution in [0.1, 0.15) is 10.4 Å². The van der Waals surface area contributed by atoms with Gasteiger partial charge < -0.3 is 9.52 Å². The molecule has 0 aliphatic carbocycles. The summed E-state index contributed by atoms with van der Waals surface area (Å²) in [6, 6.07) is 29.0. The maximum Gasteiger partial charge on any atom is 0.336 e. The second kappa shape index (κ2) is 6.39. The number of carboxylic acids is 1. The van der Waals surface area contributed by atoms with Gasteiger partial charge in [0.05, 0.1) is 5.56 Å². The topological polar surface area (TPSA) is 50.4 Å². The van der Waals surface area contributed by atoms with Crippen molar-refractivity contribution in [3.05, 3.63) is 96.6 Å². The van der Waals surface area contributed by atoms with E-state index in [1.54, 1.807) is 6.07 Å². The summed E-state index contributed by atoms with van der Waals surface area (Å²) in [5.41, 5.74) is 5.16. The van der Waals surface area contributed by atoms with Crippen LogP contribution in [0, 0.1) is 0 Å². The van der Waals surface area contributed by atoms with Crippen LogP contribution in [-0.2, 0) is 0 Å². The summed E-state index contributed by atoms with van der Waals surface area (Å²) < 4.78 is 6.11. The standard InChI is InChI=1S/C25H16O3/c26-25(27)22-15-17(13-14-18(22)16-7-2-1-3-8-16)19-10-6-11-21-20-9-4-5-12-23(20)28-24(19)21/h1-15H,(H,26,27). The van der Waals surface area contributed by atoms with Crippen molar-refractivity contribution in [2.75, 3.05) is 0 Å². The molecule has 134 valence electrons. The summed E-state index contributed by atoms with van der Waals surface area (Å²) in [6.07, 6.45) is 0. The first kappa shape index (κ1) is 16.3. The number of hydrogen-bond acceptors (Lipinski definition) is 2. The molecule has 3 heteroatoms. The lowest BCUT2D eigenvalue weighted by Gasteiger charge is -2.10. The third-order valence-corrected chi connectivity index (χ3v) is 5.05. The quantitative estimate of drug-likeness (QED) is 0.391. The van der Waals surface area contributed by atoms with E-state index in [-0.39, 0.29) is 5.56 Å². The largest absolute Gasteiger partial charge is 0.478 e. The Labute approximate surface area is 161 Å². The number of rotatable bonds is 3. The molecule has 5 aromatic rings. The van der Waals surface area contributed by atoms with Crippen molar-refractivity contribution >= 4 is 27.9 Å². The van der Waals surface area contributed by atoms with Gasteiger partial charge in [-0.25, -0.2) is 4.79 Å². The Balaban J connectivity index is 1.74. The zero-order chi connectivity index (χ0) is 19.1. The number of benzene rings is 4. The van der Waals surface area contributed by atoms with Gasteiger partial charge in [0, 0.05) is 16.3 Å². The van der Waals surface area contributed by atoms with Crippen molar-refractivity contribution in [1.29, 1.82) is 0 Å². The number of hydrogen-bond donors (Lipinski definition) is 1. The normalized spacial score (nSPS) is 11.1. The van der Waals surface area contributed by atoms with Crippen molar-refractivity contribution < 1.29 is 14.3 Å². The molecule has 5 rings (SSSR count). The Morgan fingerprint density at radius 3 is 2.25 bits per heavy atom. The average molecular weight is 364 g/mol. The molecular formula is C25H16O3. The molecule has 0 saturated heterocycles. The molecule has 0 unspecified atom stereocenters. The second-order valence-electron chi connectivity index (χ2n) is 6.71. The molecule has 0 saturated carbocycles. The van der Waals surface area contributed by atoms with Gasteiger partial charge in [0.15, 0.2) is 0 Å². The molecule has 1 aromatic heterocycles. The van der Waals surface area contributed by atoms with E-state index in [0.717, 1.165) is 38.6 Å². The maximum absolute atomic E-state index is 12.0. The van der Waals surface area contributed by atoms with Gasteiger partial charge in [-0.1, -0.05) is 78.9 Å². The molecular weight excluding hydrogens is 348 g/mol. The zero-order valence-corrected chi connectivity index (χ0v) is 14.9. The Hall–Kier alpha value is -3.85. The molecule has 1 heterocycles. The fourth-order valence-electron chi connectivity index (χ4n) is 3.73. The molecule has 0 amide bonds. The van der Waals surface area contributed by atoms with Crippen molar-refractivity contribution in [2.24, 2.45) is 0 Å². The Bertz CT molecular complexity index is 1330. The van der Waals surface area contributed by atoms with Gasteiger partial charge in [0.25, 0.3) is 0 Å². The van der Waals surface area contributed by atoms with Crippen molar-refractivity contribution in [3.8, 4) is 22.3 Å². The fraction of sp³-hybridized carbons (Fsp3) is 0. The molecule has 0 atom stereocenters. The van der Waals surface area contributed by atoms with Gasteiger partial charge in [-0.2, -0.15) is 0 Å². The van der Waals surface area contributed by atoms with Gasteiger partial charge >= 0.3 is 5.97 Å². The lowest BCUT2D eigenvalue weighted by Crippen LogP contribution is -2.00. The highest BCUT2D eigenvalue weighted by Gasteiger charge is 2.16. The minimum Gasteiger partial charge on any atom is -0.478 e. The van der Waals surface area contributed by atoms with Crippen LogP contribution in [0.3, 0.4) is 0 Å². The number of furan rings is 1. The molecule has 0 bridgehead atoms. The van der Waals surface area contributed by atoms with Crippen molar-refractivity contribution in [2.45, 2.75) is 0 Å². The van der Waals surface area contributed by atoms with Crippen LogP contribution in [0.5, 0.6) is 0 Å². The Kier molecular flexibility index (Phi) is 3.73. The predicted molar refractivity (Wildman–Crippen MR) is 112 cm³/mol. The molecule has 4 aromatic carbocycles. The van der Waals surface area contributed by atoms with E-state index in [1.165, 1.54) is 0 Å². The second-order valence-corrected chi connectivity index (χ2v) is 6.71. The van der Waals surface area contributed by atoms with Crippen LogP contribution in [0.2, 0.25) is 0 Å². The first-order chi connectivity index (χ1) is 13.7. The average Bonchev–Trinajstić information content (AvgIpc) is 3.13. The van der Waals surface area contributed by atoms with Crippen LogP contribution in [0.15, 0.2) is 95.4 Å². The summed E-state index contributed by atoms with van der Waals surface area (Å²) >= 11 is 0. The number of aromatic carboxylic acids is 1. The van der Waals surface area contributed by atoms with Gasteiger partial charge in [0.2, 0.25) is 0 Å². The molecule has 0 spiro atoms. The van der Waals surface area contributed by atoms with E-state index < -0.39 is 5.97 Å². The SMILES string of the molecule is O=C(O)c1cc(-c2cccc3c2oc2ccccc23)ccc1-c1ccccc1. The van der Waals surface area contributed by atoms with Crippen LogP contribution in [0.4, 0.5) is 0 Å². The van der Waals surface area contributed by atoms with E-state index in [9.17, 15) is 9.90 Å². The highest BCUT2D eigenvalue weighted by Crippen LogP contribution is 2.37. The van der Waals surface area contributed by atoms with Crippen molar-refractivity contribution in [3.63, 3.8) is 0 Å². The lowest BCUT2D eigenvalue weighted by molar-refractivity contribution is 0.0698. The molecule has 0 radical (unpaired) electrons. The molecule has 1 N–H and O–H groups in total. The summed E-state index contributed by atoms with van der Waals surface area (Å²) in [5, 5.41) is 11.9. The zero-order valence-electron chi connectivity index (χ0n) is 14.9. The van der Waals surface area contributed by atoms with Crippen LogP contribution in [0.25, 0.3) is 44.2 Å². The highest BCUT2D eigenvalue weighted by atomic mass is 16.4. The fourth-order valence-corrected chi connectivity index (χ4v) is 3.73. The summed E-state index contributed by atoms with van der Waals surface area (Å²) in [7, 11) is 0. The molecule has 3 nitrogen and oxygen atoms in total. The minimum atomic E-state index is -0.947. The number of carbonyl (C=O) groups is 1. The van der Waals surface area contributed by atoms with E-state index in [4.69, 9.17) is 4.42 Å². The monoisotopic (exact) mass is 364 g/mol. The van der Waals surface area contributed by atoms with Gasteiger partial charge in [-0.05, 0) is 28.8 Å². The summed E-state index contributed by atoms with van der Waals surface area (Å²) in [6.45, 7) is 0. The smallest absolute Gasteiger partial charge is 0.336 e. The number of carboxylic acid groups (broad SMARTS) is 1. The number of fused-ring (bicyclic) bond motifs is 3. The molecule has 0 aliphatic rings. The lowest BCUT2D eigenvalue weighted by atomic mass is 9.94. The highest BCUT2D eigenvalue weighted by molar-refractivity contribution is 6.10. The van der Waals surface area contributed by atoms with Crippen molar-refractivity contribution in [1.82, 2.24) is 0 Å². The minimum absolute atomic E-state index is 0.275. The predicted octanol–water partition coefficient (Wildman–Crippen LogP) is 6.62. The van der Waals surface area contributed by atoms with E-state index in [2.05, 4.69) is 0 Å². The van der Waals surface area contributed by atoms with Crippen LogP contribution in [-0.4, -0.2) is 11.1 Å². The maximum atomic E-state index is 12.0.